The molecule has 1 aliphatic carbocycles. The van der Waals surface area contributed by atoms with Crippen molar-refractivity contribution in [3.8, 4) is 0 Å². The van der Waals surface area contributed by atoms with E-state index in [9.17, 15) is 5.11 Å². The quantitative estimate of drug-likeness (QED) is 0.836. The van der Waals surface area contributed by atoms with E-state index in [0.29, 0.717) is 11.4 Å². The second-order valence-corrected chi connectivity index (χ2v) is 6.61. The van der Waals surface area contributed by atoms with E-state index in [2.05, 4.69) is 34.1 Å². The maximum Gasteiger partial charge on any atom is 0.0830 e. The van der Waals surface area contributed by atoms with Gasteiger partial charge in [0.25, 0.3) is 0 Å². The predicted molar refractivity (Wildman–Crippen MR) is 86.3 cm³/mol. The summed E-state index contributed by atoms with van der Waals surface area (Å²) in [6, 6.07) is 12.2. The monoisotopic (exact) mass is 350 g/mol. The fraction of sp³-hybridized carbons (Fsp3) is 0.294. The highest BCUT2D eigenvalue weighted by Crippen LogP contribution is 2.29. The minimum absolute atomic E-state index is 0.514. The zero-order valence-electron chi connectivity index (χ0n) is 11.1. The highest BCUT2D eigenvalue weighted by atomic mass is 79.9. The van der Waals surface area contributed by atoms with Crippen LogP contribution in [0.25, 0.3) is 0 Å². The first-order valence-corrected chi connectivity index (χ1v) is 8.04. The molecule has 0 fully saturated rings. The van der Waals surface area contributed by atoms with E-state index in [4.69, 9.17) is 11.6 Å². The van der Waals surface area contributed by atoms with Crippen LogP contribution >= 0.6 is 27.5 Å². The van der Waals surface area contributed by atoms with Gasteiger partial charge in [0.1, 0.15) is 0 Å². The lowest BCUT2D eigenvalue weighted by atomic mass is 9.98. The Morgan fingerprint density at radius 2 is 1.90 bits per heavy atom. The van der Waals surface area contributed by atoms with Gasteiger partial charge in [-0.3, -0.25) is 0 Å². The van der Waals surface area contributed by atoms with Crippen LogP contribution in [0, 0.1) is 0 Å². The molecule has 0 saturated heterocycles. The molecule has 1 unspecified atom stereocenters. The number of halogens is 2. The van der Waals surface area contributed by atoms with Gasteiger partial charge >= 0.3 is 0 Å². The summed E-state index contributed by atoms with van der Waals surface area (Å²) in [5, 5.41) is 11.0. The summed E-state index contributed by atoms with van der Waals surface area (Å²) in [7, 11) is 0. The Labute approximate surface area is 132 Å². The van der Waals surface area contributed by atoms with Crippen molar-refractivity contribution < 1.29 is 5.11 Å². The molecule has 1 nitrogen and oxygen atoms in total. The molecule has 2 aromatic carbocycles. The second-order valence-electron chi connectivity index (χ2n) is 5.35. The molecule has 0 aliphatic heterocycles. The fourth-order valence-electron chi connectivity index (χ4n) is 2.81. The first-order chi connectivity index (χ1) is 9.63. The Kier molecular flexibility index (Phi) is 4.16. The maximum absolute atomic E-state index is 10.4. The van der Waals surface area contributed by atoms with Gasteiger partial charge in [0.05, 0.1) is 11.1 Å². The lowest BCUT2D eigenvalue weighted by Gasteiger charge is -2.13. The highest BCUT2D eigenvalue weighted by molar-refractivity contribution is 9.10. The van der Waals surface area contributed by atoms with Gasteiger partial charge < -0.3 is 5.11 Å². The first-order valence-electron chi connectivity index (χ1n) is 6.87. The van der Waals surface area contributed by atoms with E-state index >= 15 is 0 Å². The molecule has 1 N–H and O–H groups in total. The predicted octanol–water partition coefficient (Wildman–Crippen LogP) is 4.87. The Hall–Kier alpha value is -0.830. The summed E-state index contributed by atoms with van der Waals surface area (Å²) in [6.07, 6.45) is 3.73. The summed E-state index contributed by atoms with van der Waals surface area (Å²) in [5.41, 5.74) is 4.97. The molecule has 104 valence electrons. The van der Waals surface area contributed by atoms with Crippen LogP contribution in [-0.4, -0.2) is 5.11 Å². The number of aliphatic hydroxyl groups excluding tert-OH is 1. The fourth-order valence-corrected chi connectivity index (χ4v) is 3.25. The molecule has 3 heteroatoms. The molecule has 1 aliphatic rings. The molecule has 0 heterocycles. The lowest BCUT2D eigenvalue weighted by molar-refractivity contribution is 0.178. The molecule has 0 amide bonds. The molecule has 0 aromatic heterocycles. The molecular formula is C17H16BrClO. The standard InChI is InChI=1S/C17H16BrClO/c18-15-7-6-14(10-16(15)19)17(20)9-11-4-5-12-2-1-3-13(12)8-11/h4-8,10,17,20H,1-3,9H2. The SMILES string of the molecule is OC(Cc1ccc2c(c1)CCC2)c1ccc(Br)c(Cl)c1. The highest BCUT2D eigenvalue weighted by Gasteiger charge is 2.14. The topological polar surface area (TPSA) is 20.2 Å². The van der Waals surface area contributed by atoms with Crippen molar-refractivity contribution in [2.45, 2.75) is 31.8 Å². The smallest absolute Gasteiger partial charge is 0.0830 e. The van der Waals surface area contributed by atoms with Crippen LogP contribution < -0.4 is 0 Å². The van der Waals surface area contributed by atoms with Crippen LogP contribution in [0.3, 0.4) is 0 Å². The van der Waals surface area contributed by atoms with Crippen molar-refractivity contribution >= 4 is 27.5 Å². The summed E-state index contributed by atoms with van der Waals surface area (Å²) < 4.78 is 0.854. The van der Waals surface area contributed by atoms with Crippen LogP contribution in [0.15, 0.2) is 40.9 Å². The number of aliphatic hydroxyl groups is 1. The Morgan fingerprint density at radius 3 is 2.70 bits per heavy atom. The van der Waals surface area contributed by atoms with Gasteiger partial charge in [-0.25, -0.2) is 0 Å². The molecule has 0 spiro atoms. The minimum Gasteiger partial charge on any atom is -0.388 e. The zero-order valence-corrected chi connectivity index (χ0v) is 13.4. The zero-order chi connectivity index (χ0) is 14.1. The molecule has 2 aromatic rings. The van der Waals surface area contributed by atoms with Crippen molar-refractivity contribution in [2.75, 3.05) is 0 Å². The molecule has 1 atom stereocenters. The minimum atomic E-state index is -0.514. The van der Waals surface area contributed by atoms with Crippen molar-refractivity contribution in [2.24, 2.45) is 0 Å². The van der Waals surface area contributed by atoms with E-state index in [1.54, 1.807) is 0 Å². The van der Waals surface area contributed by atoms with E-state index < -0.39 is 6.10 Å². The number of hydrogen-bond acceptors (Lipinski definition) is 1. The van der Waals surface area contributed by atoms with E-state index in [-0.39, 0.29) is 0 Å². The maximum atomic E-state index is 10.4. The van der Waals surface area contributed by atoms with Crippen molar-refractivity contribution in [3.63, 3.8) is 0 Å². The molecule has 0 bridgehead atoms. The van der Waals surface area contributed by atoms with Crippen LogP contribution in [-0.2, 0) is 19.3 Å². The largest absolute Gasteiger partial charge is 0.388 e. The third-order valence-electron chi connectivity index (χ3n) is 3.92. The van der Waals surface area contributed by atoms with Crippen LogP contribution in [0.2, 0.25) is 5.02 Å². The van der Waals surface area contributed by atoms with Gasteiger partial charge in [-0.1, -0.05) is 35.9 Å². The summed E-state index contributed by atoms with van der Waals surface area (Å²) >= 11 is 9.45. The number of fused-ring (bicyclic) bond motifs is 1. The first kappa shape index (κ1) is 14.1. The van der Waals surface area contributed by atoms with Gasteiger partial charge in [-0.2, -0.15) is 0 Å². The number of hydrogen-bond donors (Lipinski definition) is 1. The summed E-state index contributed by atoms with van der Waals surface area (Å²) in [5.74, 6) is 0. The Bertz CT molecular complexity index is 639. The van der Waals surface area contributed by atoms with Gasteiger partial charge in [0.15, 0.2) is 0 Å². The van der Waals surface area contributed by atoms with Crippen LogP contribution in [0.1, 0.15) is 34.8 Å². The summed E-state index contributed by atoms with van der Waals surface area (Å²) in [6.45, 7) is 0. The number of benzene rings is 2. The van der Waals surface area contributed by atoms with Crippen molar-refractivity contribution in [1.82, 2.24) is 0 Å². The Balaban J connectivity index is 1.78. The third kappa shape index (κ3) is 2.93. The van der Waals surface area contributed by atoms with Gasteiger partial charge in [-0.15, -0.1) is 0 Å². The molecular weight excluding hydrogens is 336 g/mol. The number of rotatable bonds is 3. The lowest BCUT2D eigenvalue weighted by Crippen LogP contribution is -2.02. The molecule has 3 rings (SSSR count). The van der Waals surface area contributed by atoms with E-state index in [0.717, 1.165) is 10.0 Å². The van der Waals surface area contributed by atoms with Gasteiger partial charge in [0.2, 0.25) is 0 Å². The van der Waals surface area contributed by atoms with E-state index in [1.807, 2.05) is 18.2 Å². The second kappa shape index (κ2) is 5.88. The van der Waals surface area contributed by atoms with E-state index in [1.165, 1.54) is 36.0 Å². The average molecular weight is 352 g/mol. The molecule has 0 saturated carbocycles. The average Bonchev–Trinajstić information content (AvgIpc) is 2.89. The third-order valence-corrected chi connectivity index (χ3v) is 5.15. The number of aryl methyl sites for hydroxylation is 2. The van der Waals surface area contributed by atoms with Crippen LogP contribution in [0.4, 0.5) is 0 Å². The van der Waals surface area contributed by atoms with Gasteiger partial charge in [0, 0.05) is 10.9 Å². The van der Waals surface area contributed by atoms with Crippen molar-refractivity contribution in [3.05, 3.63) is 68.1 Å². The van der Waals surface area contributed by atoms with Crippen LogP contribution in [0.5, 0.6) is 0 Å². The normalized spacial score (nSPS) is 15.2. The van der Waals surface area contributed by atoms with Gasteiger partial charge in [-0.05, 0) is 69.6 Å². The molecule has 0 radical (unpaired) electrons. The summed E-state index contributed by atoms with van der Waals surface area (Å²) in [4.78, 5) is 0. The Morgan fingerprint density at radius 1 is 1.10 bits per heavy atom. The molecule has 20 heavy (non-hydrogen) atoms. The van der Waals surface area contributed by atoms with Crippen molar-refractivity contribution in [1.29, 1.82) is 0 Å².